The maximum Gasteiger partial charge on any atom is 0.189 e. The molecule has 1 aromatic carbocycles. The molecule has 7 heteroatoms. The van der Waals surface area contributed by atoms with E-state index in [4.69, 9.17) is 33.7 Å². The average molecular weight is 345 g/mol. The lowest BCUT2D eigenvalue weighted by Crippen LogP contribution is -2.39. The fourth-order valence-electron chi connectivity index (χ4n) is 2.33. The summed E-state index contributed by atoms with van der Waals surface area (Å²) in [7, 11) is 0. The zero-order valence-electron chi connectivity index (χ0n) is 12.7. The van der Waals surface area contributed by atoms with Crippen LogP contribution in [0.1, 0.15) is 18.5 Å². The monoisotopic (exact) mass is 344 g/mol. The number of nitrogens with two attached hydrogens (primary N) is 1. The predicted molar refractivity (Wildman–Crippen MR) is 91.8 cm³/mol. The number of hydrogen-bond acceptors (Lipinski definition) is 3. The summed E-state index contributed by atoms with van der Waals surface area (Å²) in [6.07, 6.45) is 0. The van der Waals surface area contributed by atoms with Crippen molar-refractivity contribution in [2.24, 2.45) is 10.7 Å². The predicted octanol–water partition coefficient (Wildman–Crippen LogP) is 2.29. The van der Waals surface area contributed by atoms with Gasteiger partial charge in [-0.1, -0.05) is 29.3 Å². The first-order chi connectivity index (χ1) is 10.6. The molecule has 1 aliphatic heterocycles. The first-order valence-corrected chi connectivity index (χ1v) is 8.13. The Hall–Kier alpha value is -1.01. The Balaban J connectivity index is 1.82. The van der Waals surface area contributed by atoms with Gasteiger partial charge in [-0.25, -0.2) is 0 Å². The first-order valence-electron chi connectivity index (χ1n) is 7.38. The molecule has 0 spiro atoms. The van der Waals surface area contributed by atoms with Gasteiger partial charge in [0, 0.05) is 29.7 Å². The molecule has 0 aromatic heterocycles. The van der Waals surface area contributed by atoms with E-state index in [9.17, 15) is 0 Å². The number of morpholine rings is 1. The fraction of sp³-hybridized carbons (Fsp3) is 0.533. The van der Waals surface area contributed by atoms with Crippen molar-refractivity contribution in [1.29, 1.82) is 0 Å². The van der Waals surface area contributed by atoms with Gasteiger partial charge < -0.3 is 15.8 Å². The lowest BCUT2D eigenvalue weighted by molar-refractivity contribution is 0.0394. The maximum absolute atomic E-state index is 6.19. The minimum Gasteiger partial charge on any atom is -0.379 e. The Morgan fingerprint density at radius 2 is 2.14 bits per heavy atom. The normalized spacial score (nSPS) is 18.2. The van der Waals surface area contributed by atoms with E-state index >= 15 is 0 Å². The Kier molecular flexibility index (Phi) is 6.76. The maximum atomic E-state index is 6.19. The molecule has 0 saturated carbocycles. The molecule has 1 saturated heterocycles. The van der Waals surface area contributed by atoms with Gasteiger partial charge in [0.1, 0.15) is 0 Å². The van der Waals surface area contributed by atoms with Crippen LogP contribution < -0.4 is 11.1 Å². The Morgan fingerprint density at radius 1 is 1.41 bits per heavy atom. The molecule has 0 bridgehead atoms. The number of guanidine groups is 1. The van der Waals surface area contributed by atoms with Crippen LogP contribution in [0.2, 0.25) is 10.0 Å². The van der Waals surface area contributed by atoms with E-state index in [1.165, 1.54) is 0 Å². The molecule has 0 aliphatic carbocycles. The summed E-state index contributed by atoms with van der Waals surface area (Å²) >= 11 is 12.1. The van der Waals surface area contributed by atoms with Gasteiger partial charge in [-0.3, -0.25) is 9.89 Å². The highest BCUT2D eigenvalue weighted by Crippen LogP contribution is 2.25. The topological polar surface area (TPSA) is 62.9 Å². The second kappa shape index (κ2) is 8.58. The molecule has 1 heterocycles. The number of benzene rings is 1. The summed E-state index contributed by atoms with van der Waals surface area (Å²) in [6.45, 7) is 7.05. The lowest BCUT2D eigenvalue weighted by atomic mass is 10.1. The summed E-state index contributed by atoms with van der Waals surface area (Å²) in [5, 5.41) is 4.39. The number of ether oxygens (including phenoxy) is 1. The van der Waals surface area contributed by atoms with Crippen molar-refractivity contribution >= 4 is 29.2 Å². The van der Waals surface area contributed by atoms with Crippen molar-refractivity contribution in [3.63, 3.8) is 0 Å². The summed E-state index contributed by atoms with van der Waals surface area (Å²) in [5.74, 6) is 0.423. The van der Waals surface area contributed by atoms with Crippen LogP contribution >= 0.6 is 23.2 Å². The molecule has 0 radical (unpaired) electrons. The van der Waals surface area contributed by atoms with Crippen LogP contribution in [0.15, 0.2) is 23.2 Å². The van der Waals surface area contributed by atoms with Crippen LogP contribution in [0.25, 0.3) is 0 Å². The van der Waals surface area contributed by atoms with E-state index in [2.05, 4.69) is 15.2 Å². The Labute approximate surface area is 141 Å². The van der Waals surface area contributed by atoms with Crippen LogP contribution in [0.5, 0.6) is 0 Å². The minimum atomic E-state index is -0.0306. The summed E-state index contributed by atoms with van der Waals surface area (Å²) in [4.78, 5) is 6.68. The summed E-state index contributed by atoms with van der Waals surface area (Å²) in [5.41, 5.74) is 6.88. The standard InChI is InChI=1S/C15H22Cl2N4O/c1-11(13-3-2-12(16)10-14(13)17)20-15(18)19-4-5-21-6-8-22-9-7-21/h2-3,10-11H,4-9H2,1H3,(H3,18,19,20). The number of nitrogens with zero attached hydrogens (tertiary/aromatic N) is 2. The van der Waals surface area contributed by atoms with Crippen LogP contribution in [-0.2, 0) is 4.74 Å². The van der Waals surface area contributed by atoms with Gasteiger partial charge in [0.2, 0.25) is 0 Å². The second-order valence-corrected chi connectivity index (χ2v) is 6.10. The highest BCUT2D eigenvalue weighted by molar-refractivity contribution is 6.35. The second-order valence-electron chi connectivity index (χ2n) is 5.25. The van der Waals surface area contributed by atoms with Gasteiger partial charge in [0.25, 0.3) is 0 Å². The highest BCUT2D eigenvalue weighted by Gasteiger charge is 2.11. The third-order valence-electron chi connectivity index (χ3n) is 3.60. The van der Waals surface area contributed by atoms with Gasteiger partial charge >= 0.3 is 0 Å². The Bertz CT molecular complexity index is 518. The molecule has 1 fully saturated rings. The molecule has 1 aromatic rings. The number of rotatable bonds is 5. The third kappa shape index (κ3) is 5.32. The molecule has 1 unspecified atom stereocenters. The molecule has 3 N–H and O–H groups in total. The van der Waals surface area contributed by atoms with Gasteiger partial charge in [-0.05, 0) is 24.6 Å². The largest absolute Gasteiger partial charge is 0.379 e. The smallest absolute Gasteiger partial charge is 0.189 e. The molecular weight excluding hydrogens is 323 g/mol. The first kappa shape index (κ1) is 17.3. The van der Waals surface area contributed by atoms with Crippen molar-refractivity contribution < 1.29 is 4.74 Å². The minimum absolute atomic E-state index is 0.0306. The van der Waals surface area contributed by atoms with Crippen molar-refractivity contribution in [2.75, 3.05) is 39.4 Å². The summed E-state index contributed by atoms with van der Waals surface area (Å²) < 4.78 is 5.31. The van der Waals surface area contributed by atoms with E-state index < -0.39 is 0 Å². The van der Waals surface area contributed by atoms with Gasteiger partial charge in [0.05, 0.1) is 25.8 Å². The molecule has 122 valence electrons. The van der Waals surface area contributed by atoms with Crippen LogP contribution in [-0.4, -0.2) is 50.3 Å². The van der Waals surface area contributed by atoms with Crippen molar-refractivity contribution in [3.05, 3.63) is 33.8 Å². The number of aliphatic imine (C=N–C) groups is 1. The highest BCUT2D eigenvalue weighted by atomic mass is 35.5. The number of halogens is 2. The van der Waals surface area contributed by atoms with Crippen molar-refractivity contribution in [3.8, 4) is 0 Å². The van der Waals surface area contributed by atoms with E-state index in [1.54, 1.807) is 6.07 Å². The summed E-state index contributed by atoms with van der Waals surface area (Å²) in [6, 6.07) is 5.40. The number of nitrogens with one attached hydrogen (secondary N) is 1. The average Bonchev–Trinajstić information content (AvgIpc) is 2.48. The van der Waals surface area contributed by atoms with Crippen molar-refractivity contribution in [2.45, 2.75) is 13.0 Å². The molecule has 0 amide bonds. The van der Waals surface area contributed by atoms with E-state index in [0.717, 1.165) is 38.4 Å². The molecule has 22 heavy (non-hydrogen) atoms. The SMILES string of the molecule is CC(NC(N)=NCCN1CCOCC1)c1ccc(Cl)cc1Cl. The Morgan fingerprint density at radius 3 is 2.82 bits per heavy atom. The van der Waals surface area contributed by atoms with E-state index in [0.29, 0.717) is 22.5 Å². The van der Waals surface area contributed by atoms with Crippen LogP contribution in [0, 0.1) is 0 Å². The molecular formula is C15H22Cl2N4O. The van der Waals surface area contributed by atoms with Crippen molar-refractivity contribution in [1.82, 2.24) is 10.2 Å². The molecule has 1 atom stereocenters. The quantitative estimate of drug-likeness (QED) is 0.635. The molecule has 2 rings (SSSR count). The molecule has 1 aliphatic rings. The van der Waals surface area contributed by atoms with E-state index in [-0.39, 0.29) is 6.04 Å². The lowest BCUT2D eigenvalue weighted by Gasteiger charge is -2.25. The van der Waals surface area contributed by atoms with Gasteiger partial charge in [0.15, 0.2) is 5.96 Å². The molecule has 5 nitrogen and oxygen atoms in total. The zero-order chi connectivity index (χ0) is 15.9. The number of hydrogen-bond donors (Lipinski definition) is 2. The zero-order valence-corrected chi connectivity index (χ0v) is 14.2. The third-order valence-corrected chi connectivity index (χ3v) is 4.16. The van der Waals surface area contributed by atoms with Gasteiger partial charge in [-0.2, -0.15) is 0 Å². The fourth-order valence-corrected chi connectivity index (χ4v) is 2.91. The van der Waals surface area contributed by atoms with Gasteiger partial charge in [-0.15, -0.1) is 0 Å². The van der Waals surface area contributed by atoms with E-state index in [1.807, 2.05) is 19.1 Å². The van der Waals surface area contributed by atoms with Crippen LogP contribution in [0.3, 0.4) is 0 Å². The van der Waals surface area contributed by atoms with Crippen LogP contribution in [0.4, 0.5) is 0 Å².